The molecule has 0 fully saturated rings. The molecule has 0 amide bonds. The van der Waals surface area contributed by atoms with Gasteiger partial charge in [0.05, 0.1) is 11.0 Å². The van der Waals surface area contributed by atoms with E-state index < -0.39 is 27.7 Å². The quantitative estimate of drug-likeness (QED) is 0.532. The van der Waals surface area contributed by atoms with Crippen LogP contribution in [0.1, 0.15) is 5.56 Å². The van der Waals surface area contributed by atoms with Crippen LogP contribution in [0.4, 0.5) is 5.69 Å². The van der Waals surface area contributed by atoms with Crippen molar-refractivity contribution in [1.29, 1.82) is 5.26 Å². The van der Waals surface area contributed by atoms with E-state index >= 15 is 0 Å². The fourth-order valence-electron chi connectivity index (χ4n) is 0.839. The predicted octanol–water partition coefficient (Wildman–Crippen LogP) is 0.376. The molecule has 72 valence electrons. The van der Waals surface area contributed by atoms with Gasteiger partial charge in [0.1, 0.15) is 0 Å². The van der Waals surface area contributed by atoms with Crippen LogP contribution >= 0.6 is 15.9 Å². The van der Waals surface area contributed by atoms with Gasteiger partial charge < -0.3 is 10.2 Å². The molecule has 14 heavy (non-hydrogen) atoms. The number of nitrogens with zero attached hydrogens (tertiary/aromatic N) is 2. The van der Waals surface area contributed by atoms with Crippen molar-refractivity contribution in [1.82, 2.24) is 0 Å². The predicted molar refractivity (Wildman–Crippen MR) is 44.4 cm³/mol. The van der Waals surface area contributed by atoms with Crippen molar-refractivity contribution >= 4 is 21.6 Å². The molecule has 0 aromatic heterocycles. The van der Waals surface area contributed by atoms with Crippen LogP contribution in [0.5, 0.6) is 11.5 Å². The maximum absolute atomic E-state index is 11.1. The zero-order chi connectivity index (χ0) is 10.9. The Morgan fingerprint density at radius 3 is 2.43 bits per heavy atom. The molecule has 0 unspecified atom stereocenters. The fraction of sp³-hybridized carbons (Fsp3) is 0. The first-order valence-electron chi connectivity index (χ1n) is 3.24. The van der Waals surface area contributed by atoms with E-state index in [-0.39, 0.29) is 4.47 Å². The number of hydrogen-bond donors (Lipinski definition) is 0. The monoisotopic (exact) mass is 256 g/mol. The topological polar surface area (TPSA) is 113 Å². The highest BCUT2D eigenvalue weighted by molar-refractivity contribution is 9.10. The molecule has 0 saturated carbocycles. The minimum absolute atomic E-state index is 0.166. The van der Waals surface area contributed by atoms with E-state index in [1.807, 2.05) is 0 Å². The van der Waals surface area contributed by atoms with E-state index in [4.69, 9.17) is 5.26 Å². The minimum Gasteiger partial charge on any atom is -0.871 e. The van der Waals surface area contributed by atoms with Gasteiger partial charge in [0.25, 0.3) is 5.69 Å². The number of nitriles is 1. The number of rotatable bonds is 1. The van der Waals surface area contributed by atoms with Gasteiger partial charge in [-0.2, -0.15) is 5.26 Å². The molecule has 6 nitrogen and oxygen atoms in total. The second-order valence-corrected chi connectivity index (χ2v) is 3.13. The van der Waals surface area contributed by atoms with Crippen molar-refractivity contribution in [3.8, 4) is 17.6 Å². The SMILES string of the molecule is N#Cc1c([O-])c(Br)cc([N+](=O)[O-])c1[O-]. The van der Waals surface area contributed by atoms with Crippen LogP contribution in [0.25, 0.3) is 0 Å². The summed E-state index contributed by atoms with van der Waals surface area (Å²) in [6, 6.07) is 2.14. The average molecular weight is 257 g/mol. The summed E-state index contributed by atoms with van der Waals surface area (Å²) in [7, 11) is 0. The third kappa shape index (κ3) is 1.47. The second kappa shape index (κ2) is 3.51. The molecule has 0 heterocycles. The fourth-order valence-corrected chi connectivity index (χ4v) is 1.25. The van der Waals surface area contributed by atoms with Gasteiger partial charge in [0.2, 0.25) is 0 Å². The lowest BCUT2D eigenvalue weighted by Gasteiger charge is -2.17. The van der Waals surface area contributed by atoms with Gasteiger partial charge in [-0.15, -0.1) is 0 Å². The standard InChI is InChI=1S/C7H3BrN2O4/c8-4-1-5(10(13)14)7(12)3(2-9)6(4)11/h1,11-12H/p-2. The smallest absolute Gasteiger partial charge is 0.264 e. The molecule has 0 saturated heterocycles. The van der Waals surface area contributed by atoms with Crippen molar-refractivity contribution in [3.05, 3.63) is 26.2 Å². The summed E-state index contributed by atoms with van der Waals surface area (Å²) in [6.45, 7) is 0. The van der Waals surface area contributed by atoms with E-state index in [1.165, 1.54) is 6.07 Å². The largest absolute Gasteiger partial charge is 0.871 e. The van der Waals surface area contributed by atoms with Crippen LogP contribution in [0.15, 0.2) is 10.5 Å². The zero-order valence-electron chi connectivity index (χ0n) is 6.48. The Hall–Kier alpha value is -1.81. The Balaban J connectivity index is 3.61. The molecule has 0 aliphatic carbocycles. The van der Waals surface area contributed by atoms with Gasteiger partial charge in [0.15, 0.2) is 0 Å². The van der Waals surface area contributed by atoms with Crippen molar-refractivity contribution in [3.63, 3.8) is 0 Å². The lowest BCUT2D eigenvalue weighted by atomic mass is 10.1. The normalized spacial score (nSPS) is 9.43. The zero-order valence-corrected chi connectivity index (χ0v) is 8.07. The van der Waals surface area contributed by atoms with Crippen molar-refractivity contribution < 1.29 is 15.1 Å². The van der Waals surface area contributed by atoms with E-state index in [2.05, 4.69) is 15.9 Å². The molecule has 0 aliphatic heterocycles. The molecular weight excluding hydrogens is 256 g/mol. The molecular formula is C7HBrN2O4-2. The summed E-state index contributed by atoms with van der Waals surface area (Å²) in [5, 5.41) is 41.0. The van der Waals surface area contributed by atoms with Crippen LogP contribution in [-0.4, -0.2) is 4.92 Å². The third-order valence-corrected chi connectivity index (χ3v) is 2.06. The summed E-state index contributed by atoms with van der Waals surface area (Å²) in [5.41, 5.74) is -1.53. The molecule has 1 aromatic carbocycles. The van der Waals surface area contributed by atoms with Crippen LogP contribution in [0, 0.1) is 21.4 Å². The Bertz CT molecular complexity index is 452. The highest BCUT2D eigenvalue weighted by atomic mass is 79.9. The first-order valence-corrected chi connectivity index (χ1v) is 4.03. The lowest BCUT2D eigenvalue weighted by Crippen LogP contribution is -2.05. The van der Waals surface area contributed by atoms with Crippen molar-refractivity contribution in [2.45, 2.75) is 0 Å². The van der Waals surface area contributed by atoms with Crippen LogP contribution in [0.2, 0.25) is 0 Å². The van der Waals surface area contributed by atoms with E-state index in [9.17, 15) is 20.3 Å². The third-order valence-electron chi connectivity index (χ3n) is 1.48. The molecule has 7 heteroatoms. The highest BCUT2D eigenvalue weighted by Gasteiger charge is 2.13. The van der Waals surface area contributed by atoms with E-state index in [0.29, 0.717) is 0 Å². The summed E-state index contributed by atoms with van der Waals surface area (Å²) >= 11 is 2.73. The number of hydrogen-bond acceptors (Lipinski definition) is 5. The van der Waals surface area contributed by atoms with E-state index in [1.54, 1.807) is 0 Å². The number of benzene rings is 1. The molecule has 0 bridgehead atoms. The Morgan fingerprint density at radius 2 is 2.00 bits per heavy atom. The minimum atomic E-state index is -1.15. The molecule has 0 aliphatic rings. The molecule has 0 N–H and O–H groups in total. The summed E-state index contributed by atoms with van der Waals surface area (Å²) < 4.78 is -0.166. The van der Waals surface area contributed by atoms with Gasteiger partial charge in [-0.05, 0) is 5.75 Å². The summed E-state index contributed by atoms with van der Waals surface area (Å²) in [4.78, 5) is 9.39. The van der Waals surface area contributed by atoms with Crippen LogP contribution in [0.3, 0.4) is 0 Å². The van der Waals surface area contributed by atoms with Crippen molar-refractivity contribution in [2.75, 3.05) is 0 Å². The first kappa shape index (κ1) is 10.3. The summed E-state index contributed by atoms with van der Waals surface area (Å²) in [6.07, 6.45) is 0. The maximum Gasteiger partial charge on any atom is 0.264 e. The number of nitro groups is 1. The number of nitro benzene ring substituents is 1. The van der Waals surface area contributed by atoms with Crippen LogP contribution in [-0.2, 0) is 0 Å². The molecule has 1 aromatic rings. The molecule has 0 spiro atoms. The maximum atomic E-state index is 11.1. The van der Waals surface area contributed by atoms with E-state index in [0.717, 1.165) is 6.07 Å². The molecule has 0 atom stereocenters. The second-order valence-electron chi connectivity index (χ2n) is 2.28. The highest BCUT2D eigenvalue weighted by Crippen LogP contribution is 2.37. The Kier molecular flexibility index (Phi) is 2.58. The van der Waals surface area contributed by atoms with Gasteiger partial charge >= 0.3 is 0 Å². The van der Waals surface area contributed by atoms with Gasteiger partial charge in [-0.3, -0.25) is 10.1 Å². The summed E-state index contributed by atoms with van der Waals surface area (Å²) in [5.74, 6) is -1.98. The lowest BCUT2D eigenvalue weighted by molar-refractivity contribution is -0.398. The van der Waals surface area contributed by atoms with Crippen molar-refractivity contribution in [2.24, 2.45) is 0 Å². The Labute approximate surface area is 86.3 Å². The van der Waals surface area contributed by atoms with Gasteiger partial charge in [-0.1, -0.05) is 21.7 Å². The Morgan fingerprint density at radius 1 is 1.43 bits per heavy atom. The van der Waals surface area contributed by atoms with Gasteiger partial charge in [-0.25, -0.2) is 0 Å². The van der Waals surface area contributed by atoms with Crippen LogP contribution < -0.4 is 10.2 Å². The molecule has 0 radical (unpaired) electrons. The van der Waals surface area contributed by atoms with Gasteiger partial charge in [0, 0.05) is 16.1 Å². The average Bonchev–Trinajstić information content (AvgIpc) is 2.12. The first-order chi connectivity index (χ1) is 6.49. The molecule has 1 rings (SSSR count). The number of halogens is 1.